The largest absolute Gasteiger partial charge is 0.382 e. The normalized spacial score (nSPS) is 25.9. The minimum absolute atomic E-state index is 0.0608. The van der Waals surface area contributed by atoms with Gasteiger partial charge in [0.1, 0.15) is 0 Å². The van der Waals surface area contributed by atoms with E-state index in [0.717, 1.165) is 29.5 Å². The zero-order valence-electron chi connectivity index (χ0n) is 13.0. The van der Waals surface area contributed by atoms with Crippen molar-refractivity contribution in [2.45, 2.75) is 50.3 Å². The van der Waals surface area contributed by atoms with Crippen LogP contribution in [-0.4, -0.2) is 20.7 Å². The van der Waals surface area contributed by atoms with E-state index in [1.54, 1.807) is 6.07 Å². The van der Waals surface area contributed by atoms with Gasteiger partial charge in [-0.05, 0) is 55.2 Å². The van der Waals surface area contributed by atoms with E-state index in [1.807, 2.05) is 12.1 Å². The van der Waals surface area contributed by atoms with E-state index in [4.69, 9.17) is 11.6 Å². The highest BCUT2D eigenvalue weighted by Crippen LogP contribution is 2.44. The third kappa shape index (κ3) is 4.39. The van der Waals surface area contributed by atoms with Crippen molar-refractivity contribution in [1.29, 1.82) is 0 Å². The average Bonchev–Trinajstić information content (AvgIpc) is 3.25. The lowest BCUT2D eigenvalue weighted by molar-refractivity contribution is 0.303. The van der Waals surface area contributed by atoms with Crippen LogP contribution in [0.5, 0.6) is 0 Å². The van der Waals surface area contributed by atoms with E-state index >= 15 is 0 Å². The van der Waals surface area contributed by atoms with E-state index in [9.17, 15) is 8.42 Å². The summed E-state index contributed by atoms with van der Waals surface area (Å²) in [5.41, 5.74) is 1.71. The lowest BCUT2D eigenvalue weighted by Crippen LogP contribution is -2.28. The Morgan fingerprint density at radius 1 is 1.18 bits per heavy atom. The van der Waals surface area contributed by atoms with Gasteiger partial charge in [-0.1, -0.05) is 30.5 Å². The number of rotatable bonds is 5. The monoisotopic (exact) mass is 341 g/mol. The Bertz CT molecular complexity index is 640. The van der Waals surface area contributed by atoms with Crippen molar-refractivity contribution in [2.75, 3.05) is 11.6 Å². The fraction of sp³-hybridized carbons (Fsp3) is 0.647. The first kappa shape index (κ1) is 16.1. The van der Waals surface area contributed by atoms with Crippen LogP contribution < -0.4 is 5.32 Å². The molecule has 2 saturated carbocycles. The smallest absolute Gasteiger partial charge is 0.151 e. The van der Waals surface area contributed by atoms with E-state index in [1.165, 1.54) is 38.4 Å². The van der Waals surface area contributed by atoms with Crippen LogP contribution in [0.4, 0.5) is 5.69 Å². The Labute approximate surface area is 138 Å². The van der Waals surface area contributed by atoms with Crippen LogP contribution in [0.1, 0.15) is 44.1 Å². The quantitative estimate of drug-likeness (QED) is 0.870. The minimum atomic E-state index is -3.05. The summed E-state index contributed by atoms with van der Waals surface area (Å²) in [7, 11) is -3.05. The molecule has 0 aliphatic heterocycles. The number of nitrogens with one attached hydrogen (secondary N) is 1. The van der Waals surface area contributed by atoms with Crippen molar-refractivity contribution < 1.29 is 8.42 Å². The molecule has 2 fully saturated rings. The summed E-state index contributed by atoms with van der Waals surface area (Å²) in [5.74, 6) is 1.86. The lowest BCUT2D eigenvalue weighted by Gasteiger charge is -2.31. The van der Waals surface area contributed by atoms with E-state index in [-0.39, 0.29) is 5.75 Å². The summed E-state index contributed by atoms with van der Waals surface area (Å²) in [4.78, 5) is 0. The van der Waals surface area contributed by atoms with Gasteiger partial charge in [0.15, 0.2) is 9.84 Å². The summed E-state index contributed by atoms with van der Waals surface area (Å²) < 4.78 is 23.2. The molecule has 1 aromatic carbocycles. The second-order valence-electron chi connectivity index (χ2n) is 6.98. The van der Waals surface area contributed by atoms with Crippen LogP contribution in [0.25, 0.3) is 0 Å². The molecule has 5 heteroatoms. The zero-order chi connectivity index (χ0) is 15.7. The topological polar surface area (TPSA) is 46.2 Å². The number of hydrogen-bond acceptors (Lipinski definition) is 3. The Morgan fingerprint density at radius 2 is 1.95 bits per heavy atom. The van der Waals surface area contributed by atoms with Crippen LogP contribution in [0, 0.1) is 11.8 Å². The first-order valence-corrected chi connectivity index (χ1v) is 10.6. The maximum atomic E-state index is 11.6. The van der Waals surface area contributed by atoms with Crippen LogP contribution in [0.3, 0.4) is 0 Å². The summed E-state index contributed by atoms with van der Waals surface area (Å²) >= 11 is 6.11. The standard InChI is InChI=1S/C17H24ClNO2S/c1-22(20,21)11-14-7-8-15(18)10-17(14)19-16-4-2-3-13(9-16)12-5-6-12/h7-8,10,12-13,16,19H,2-6,9,11H2,1H3/t13-,16+/m1/s1. The summed E-state index contributed by atoms with van der Waals surface area (Å²) in [6.45, 7) is 0. The third-order valence-electron chi connectivity index (χ3n) is 4.85. The van der Waals surface area contributed by atoms with Crippen molar-refractivity contribution in [1.82, 2.24) is 0 Å². The summed E-state index contributed by atoms with van der Waals surface area (Å²) in [6.07, 6.45) is 9.05. The number of sulfone groups is 1. The van der Waals surface area contributed by atoms with Crippen molar-refractivity contribution >= 4 is 27.1 Å². The lowest BCUT2D eigenvalue weighted by atomic mass is 9.82. The van der Waals surface area contributed by atoms with Crippen molar-refractivity contribution in [3.8, 4) is 0 Å². The Balaban J connectivity index is 1.74. The van der Waals surface area contributed by atoms with Gasteiger partial charge in [-0.15, -0.1) is 0 Å². The predicted molar refractivity (Wildman–Crippen MR) is 92.1 cm³/mol. The molecule has 3 rings (SSSR count). The van der Waals surface area contributed by atoms with Gasteiger partial charge in [-0.25, -0.2) is 8.42 Å². The molecule has 1 N–H and O–H groups in total. The molecule has 0 heterocycles. The molecule has 0 unspecified atom stereocenters. The first-order valence-electron chi connectivity index (χ1n) is 8.13. The Kier molecular flexibility index (Phi) is 4.69. The number of hydrogen-bond donors (Lipinski definition) is 1. The molecule has 2 atom stereocenters. The van der Waals surface area contributed by atoms with Crippen LogP contribution >= 0.6 is 11.6 Å². The van der Waals surface area contributed by atoms with Crippen LogP contribution in [0.2, 0.25) is 5.02 Å². The molecule has 122 valence electrons. The Morgan fingerprint density at radius 3 is 2.64 bits per heavy atom. The highest BCUT2D eigenvalue weighted by Gasteiger charge is 2.34. The Hall–Kier alpha value is -0.740. The van der Waals surface area contributed by atoms with Crippen LogP contribution in [0.15, 0.2) is 18.2 Å². The molecule has 3 nitrogen and oxygen atoms in total. The molecule has 1 aromatic rings. The fourth-order valence-corrected chi connectivity index (χ4v) is 4.65. The number of anilines is 1. The molecule has 0 bridgehead atoms. The van der Waals surface area contributed by atoms with Gasteiger partial charge in [-0.2, -0.15) is 0 Å². The van der Waals surface area contributed by atoms with Gasteiger partial charge in [-0.3, -0.25) is 0 Å². The second-order valence-corrected chi connectivity index (χ2v) is 9.55. The third-order valence-corrected chi connectivity index (χ3v) is 5.92. The molecule has 2 aliphatic carbocycles. The molecular weight excluding hydrogens is 318 g/mol. The molecular formula is C17H24ClNO2S. The molecule has 0 spiro atoms. The average molecular weight is 342 g/mol. The SMILES string of the molecule is CS(=O)(=O)Cc1ccc(Cl)cc1N[C@H]1CCC[C@@H](C2CC2)C1. The van der Waals surface area contributed by atoms with Gasteiger partial charge < -0.3 is 5.32 Å². The molecule has 0 aromatic heterocycles. The van der Waals surface area contributed by atoms with Gasteiger partial charge in [0.05, 0.1) is 5.75 Å². The second kappa shape index (κ2) is 6.40. The highest BCUT2D eigenvalue weighted by atomic mass is 35.5. The van der Waals surface area contributed by atoms with E-state index in [0.29, 0.717) is 11.1 Å². The maximum Gasteiger partial charge on any atom is 0.151 e. The summed E-state index contributed by atoms with van der Waals surface area (Å²) in [5, 5.41) is 4.22. The highest BCUT2D eigenvalue weighted by molar-refractivity contribution is 7.89. The molecule has 22 heavy (non-hydrogen) atoms. The van der Waals surface area contributed by atoms with Gasteiger partial charge in [0.2, 0.25) is 0 Å². The fourth-order valence-electron chi connectivity index (χ4n) is 3.67. The minimum Gasteiger partial charge on any atom is -0.382 e. The van der Waals surface area contributed by atoms with Crippen molar-refractivity contribution in [3.05, 3.63) is 28.8 Å². The van der Waals surface area contributed by atoms with Gasteiger partial charge in [0, 0.05) is 23.0 Å². The van der Waals surface area contributed by atoms with E-state index < -0.39 is 9.84 Å². The van der Waals surface area contributed by atoms with E-state index in [2.05, 4.69) is 5.32 Å². The maximum absolute atomic E-state index is 11.6. The van der Waals surface area contributed by atoms with Crippen molar-refractivity contribution in [3.63, 3.8) is 0 Å². The zero-order valence-corrected chi connectivity index (χ0v) is 14.6. The number of halogens is 1. The first-order chi connectivity index (χ1) is 10.4. The van der Waals surface area contributed by atoms with Crippen molar-refractivity contribution in [2.24, 2.45) is 11.8 Å². The summed E-state index contributed by atoms with van der Waals surface area (Å²) in [6, 6.07) is 5.90. The molecule has 0 radical (unpaired) electrons. The predicted octanol–water partition coefficient (Wildman–Crippen LogP) is 4.27. The molecule has 0 amide bonds. The van der Waals surface area contributed by atoms with Gasteiger partial charge >= 0.3 is 0 Å². The molecule has 0 saturated heterocycles. The number of benzene rings is 1. The molecule has 2 aliphatic rings. The van der Waals surface area contributed by atoms with Gasteiger partial charge in [0.25, 0.3) is 0 Å². The van der Waals surface area contributed by atoms with Crippen LogP contribution in [-0.2, 0) is 15.6 Å².